The molecule has 0 spiro atoms. The number of nitrogens with one attached hydrogen (secondary N) is 2. The van der Waals surface area contributed by atoms with E-state index in [-0.39, 0.29) is 5.82 Å². The van der Waals surface area contributed by atoms with Crippen molar-refractivity contribution in [3.05, 3.63) is 83.8 Å². The molecule has 0 amide bonds. The fourth-order valence-corrected chi connectivity index (χ4v) is 2.88. The maximum Gasteiger partial charge on any atom is 0.229 e. The molecule has 0 fully saturated rings. The van der Waals surface area contributed by atoms with E-state index in [4.69, 9.17) is 11.6 Å². The van der Waals surface area contributed by atoms with Gasteiger partial charge in [0.15, 0.2) is 5.82 Å². The number of halogens is 2. The Morgan fingerprint density at radius 1 is 1.04 bits per heavy atom. The molecule has 0 aliphatic heterocycles. The van der Waals surface area contributed by atoms with Crippen LogP contribution in [0.2, 0.25) is 5.02 Å². The molecule has 0 bridgehead atoms. The van der Waals surface area contributed by atoms with Gasteiger partial charge >= 0.3 is 0 Å². The number of aryl methyl sites for hydroxylation is 1. The van der Waals surface area contributed by atoms with Gasteiger partial charge in [0.25, 0.3) is 0 Å². The first-order valence-electron chi connectivity index (χ1n) is 8.49. The van der Waals surface area contributed by atoms with Crippen molar-refractivity contribution < 1.29 is 4.39 Å². The summed E-state index contributed by atoms with van der Waals surface area (Å²) in [7, 11) is 0. The predicted molar refractivity (Wildman–Crippen MR) is 108 cm³/mol. The quantitative estimate of drug-likeness (QED) is 0.484. The summed E-state index contributed by atoms with van der Waals surface area (Å²) in [5.41, 5.74) is 3.63. The first-order chi connectivity index (χ1) is 13.6. The monoisotopic (exact) mass is 394 g/mol. The van der Waals surface area contributed by atoms with Crippen LogP contribution >= 0.6 is 11.6 Å². The molecule has 4 aromatic rings. The van der Waals surface area contributed by atoms with Crippen LogP contribution in [-0.2, 0) is 0 Å². The third-order valence-electron chi connectivity index (χ3n) is 4.09. The molecule has 8 heteroatoms. The number of imidazole rings is 1. The number of hydrogen-bond acceptors (Lipinski definition) is 5. The zero-order valence-electron chi connectivity index (χ0n) is 14.9. The van der Waals surface area contributed by atoms with Crippen LogP contribution in [0.4, 0.5) is 27.5 Å². The summed E-state index contributed by atoms with van der Waals surface area (Å²) in [4.78, 5) is 12.7. The summed E-state index contributed by atoms with van der Waals surface area (Å²) in [5, 5.41) is 6.60. The molecule has 0 saturated carbocycles. The summed E-state index contributed by atoms with van der Waals surface area (Å²) in [6.07, 6.45) is 6.90. The molecule has 2 heterocycles. The van der Waals surface area contributed by atoms with Crippen molar-refractivity contribution in [2.75, 3.05) is 10.6 Å². The van der Waals surface area contributed by atoms with E-state index in [9.17, 15) is 4.39 Å². The van der Waals surface area contributed by atoms with Gasteiger partial charge in [-0.05, 0) is 55.0 Å². The van der Waals surface area contributed by atoms with Gasteiger partial charge in [-0.3, -0.25) is 0 Å². The normalized spacial score (nSPS) is 10.7. The minimum atomic E-state index is -0.309. The molecule has 0 aliphatic carbocycles. The maximum absolute atomic E-state index is 13.1. The van der Waals surface area contributed by atoms with E-state index in [0.29, 0.717) is 22.5 Å². The molecule has 2 N–H and O–H groups in total. The third-order valence-corrected chi connectivity index (χ3v) is 4.36. The van der Waals surface area contributed by atoms with Gasteiger partial charge in [0, 0.05) is 29.5 Å². The Bertz CT molecular complexity index is 1100. The van der Waals surface area contributed by atoms with E-state index in [0.717, 1.165) is 16.9 Å². The van der Waals surface area contributed by atoms with Crippen LogP contribution in [0.1, 0.15) is 5.56 Å². The van der Waals surface area contributed by atoms with Gasteiger partial charge in [-0.25, -0.2) is 14.4 Å². The summed E-state index contributed by atoms with van der Waals surface area (Å²) in [6, 6.07) is 11.9. The van der Waals surface area contributed by atoms with Crippen molar-refractivity contribution in [3.8, 4) is 5.69 Å². The largest absolute Gasteiger partial charge is 0.339 e. The molecule has 0 atom stereocenters. The average Bonchev–Trinajstić information content (AvgIpc) is 3.21. The minimum absolute atomic E-state index is 0.309. The topological polar surface area (TPSA) is 67.7 Å². The molecule has 0 saturated heterocycles. The van der Waals surface area contributed by atoms with Crippen molar-refractivity contribution in [2.24, 2.45) is 0 Å². The molecule has 28 heavy (non-hydrogen) atoms. The molecule has 0 radical (unpaired) electrons. The lowest BCUT2D eigenvalue weighted by molar-refractivity contribution is 0.628. The van der Waals surface area contributed by atoms with E-state index < -0.39 is 0 Å². The second-order valence-electron chi connectivity index (χ2n) is 6.12. The summed E-state index contributed by atoms with van der Waals surface area (Å²) in [6.45, 7) is 2.02. The number of aromatic nitrogens is 4. The molecule has 4 rings (SSSR count). The second kappa shape index (κ2) is 7.66. The van der Waals surface area contributed by atoms with Crippen molar-refractivity contribution in [1.29, 1.82) is 0 Å². The lowest BCUT2D eigenvalue weighted by Gasteiger charge is -2.12. The van der Waals surface area contributed by atoms with Crippen molar-refractivity contribution >= 4 is 34.7 Å². The highest BCUT2D eigenvalue weighted by Crippen LogP contribution is 2.26. The summed E-state index contributed by atoms with van der Waals surface area (Å²) < 4.78 is 15.0. The molecule has 2 aromatic heterocycles. The Labute approximate surface area is 166 Å². The zero-order chi connectivity index (χ0) is 19.5. The molecule has 0 aliphatic rings. The van der Waals surface area contributed by atoms with Crippen LogP contribution in [-0.4, -0.2) is 19.5 Å². The smallest absolute Gasteiger partial charge is 0.229 e. The van der Waals surface area contributed by atoms with E-state index >= 15 is 0 Å². The van der Waals surface area contributed by atoms with Gasteiger partial charge in [0.2, 0.25) is 5.95 Å². The SMILES string of the molecule is Cc1cc(Nc2ncc(Cl)c(Nc3ccc(F)cc3)n2)ccc1-n1ccnc1. The van der Waals surface area contributed by atoms with E-state index in [1.54, 1.807) is 24.7 Å². The number of hydrogen-bond donors (Lipinski definition) is 2. The first kappa shape index (κ1) is 17.9. The molecule has 140 valence electrons. The summed E-state index contributed by atoms with van der Waals surface area (Å²) in [5.74, 6) is 0.512. The van der Waals surface area contributed by atoms with Gasteiger partial charge in [-0.2, -0.15) is 4.98 Å². The summed E-state index contributed by atoms with van der Waals surface area (Å²) >= 11 is 6.19. The highest BCUT2D eigenvalue weighted by molar-refractivity contribution is 6.32. The van der Waals surface area contributed by atoms with Crippen LogP contribution in [0, 0.1) is 12.7 Å². The highest BCUT2D eigenvalue weighted by atomic mass is 35.5. The van der Waals surface area contributed by atoms with Crippen LogP contribution in [0.25, 0.3) is 5.69 Å². The predicted octanol–water partition coefficient (Wildman–Crippen LogP) is 5.25. The van der Waals surface area contributed by atoms with Gasteiger partial charge in [-0.1, -0.05) is 11.6 Å². The lowest BCUT2D eigenvalue weighted by atomic mass is 10.1. The molecule has 2 aromatic carbocycles. The van der Waals surface area contributed by atoms with Crippen LogP contribution in [0.15, 0.2) is 67.4 Å². The average molecular weight is 395 g/mol. The Morgan fingerprint density at radius 3 is 2.54 bits per heavy atom. The van der Waals surface area contributed by atoms with Gasteiger partial charge in [0.05, 0.1) is 12.5 Å². The first-order valence-corrected chi connectivity index (χ1v) is 8.87. The molecular weight excluding hydrogens is 379 g/mol. The van der Waals surface area contributed by atoms with Crippen LogP contribution in [0.5, 0.6) is 0 Å². The number of rotatable bonds is 5. The van der Waals surface area contributed by atoms with E-state index in [1.165, 1.54) is 18.3 Å². The Kier molecular flexibility index (Phi) is 4.90. The molecule has 0 unspecified atom stereocenters. The Hall–Kier alpha value is -3.45. The lowest BCUT2D eigenvalue weighted by Crippen LogP contribution is -2.02. The fraction of sp³-hybridized carbons (Fsp3) is 0.0500. The zero-order valence-corrected chi connectivity index (χ0v) is 15.7. The highest BCUT2D eigenvalue weighted by Gasteiger charge is 2.08. The van der Waals surface area contributed by atoms with E-state index in [2.05, 4.69) is 25.6 Å². The number of benzene rings is 2. The van der Waals surface area contributed by atoms with Gasteiger partial charge in [-0.15, -0.1) is 0 Å². The third kappa shape index (κ3) is 3.94. The fourth-order valence-electron chi connectivity index (χ4n) is 2.74. The Morgan fingerprint density at radius 2 is 1.82 bits per heavy atom. The van der Waals surface area contributed by atoms with Crippen molar-refractivity contribution in [1.82, 2.24) is 19.5 Å². The Balaban J connectivity index is 1.55. The standard InChI is InChI=1S/C20H16ClFN6/c1-13-10-16(6-7-18(13)28-9-8-23-12-28)26-20-24-11-17(21)19(27-20)25-15-4-2-14(22)3-5-15/h2-12H,1H3,(H2,24,25,26,27). The van der Waals surface area contributed by atoms with Crippen LogP contribution in [0.3, 0.4) is 0 Å². The number of nitrogens with zero attached hydrogens (tertiary/aromatic N) is 4. The maximum atomic E-state index is 13.1. The van der Waals surface area contributed by atoms with Crippen molar-refractivity contribution in [3.63, 3.8) is 0 Å². The van der Waals surface area contributed by atoms with Gasteiger partial charge in [0.1, 0.15) is 10.8 Å². The molecular formula is C20H16ClFN6. The van der Waals surface area contributed by atoms with Gasteiger partial charge < -0.3 is 15.2 Å². The minimum Gasteiger partial charge on any atom is -0.339 e. The molecule has 6 nitrogen and oxygen atoms in total. The second-order valence-corrected chi connectivity index (χ2v) is 6.53. The van der Waals surface area contributed by atoms with Crippen molar-refractivity contribution in [2.45, 2.75) is 6.92 Å². The van der Waals surface area contributed by atoms with Crippen LogP contribution < -0.4 is 10.6 Å². The van der Waals surface area contributed by atoms with E-state index in [1.807, 2.05) is 35.9 Å². The number of anilines is 4.